The summed E-state index contributed by atoms with van der Waals surface area (Å²) in [6.07, 6.45) is -0.334. The smallest absolute Gasteiger partial charge is 0.260 e. The van der Waals surface area contributed by atoms with Crippen molar-refractivity contribution >= 4 is 11.8 Å². The number of hydrogen-bond acceptors (Lipinski definition) is 4. The molecule has 6 nitrogen and oxygen atoms in total. The van der Waals surface area contributed by atoms with E-state index in [-0.39, 0.29) is 18.2 Å². The van der Waals surface area contributed by atoms with E-state index in [9.17, 15) is 9.59 Å². The molecule has 0 spiro atoms. The molecule has 0 bridgehead atoms. The first kappa shape index (κ1) is 22.3. The Labute approximate surface area is 172 Å². The van der Waals surface area contributed by atoms with Crippen LogP contribution in [0.1, 0.15) is 37.8 Å². The summed E-state index contributed by atoms with van der Waals surface area (Å²) < 4.78 is 10.8. The summed E-state index contributed by atoms with van der Waals surface area (Å²) in [7, 11) is 1.60. The van der Waals surface area contributed by atoms with Crippen molar-refractivity contribution < 1.29 is 19.1 Å². The van der Waals surface area contributed by atoms with Gasteiger partial charge >= 0.3 is 0 Å². The van der Waals surface area contributed by atoms with Crippen LogP contribution in [0.4, 0.5) is 0 Å². The Balaban J connectivity index is 1.66. The van der Waals surface area contributed by atoms with Crippen LogP contribution in [0.25, 0.3) is 0 Å². The van der Waals surface area contributed by atoms with Crippen LogP contribution in [-0.4, -0.2) is 38.1 Å². The van der Waals surface area contributed by atoms with Gasteiger partial charge in [-0.15, -0.1) is 0 Å². The van der Waals surface area contributed by atoms with Crippen LogP contribution in [-0.2, 0) is 16.0 Å². The van der Waals surface area contributed by atoms with Crippen LogP contribution in [0.15, 0.2) is 48.5 Å². The van der Waals surface area contributed by atoms with Crippen LogP contribution in [0.5, 0.6) is 11.5 Å². The number of amides is 2. The molecule has 2 amide bonds. The van der Waals surface area contributed by atoms with Crippen LogP contribution in [0.3, 0.4) is 0 Å². The lowest BCUT2D eigenvalue weighted by atomic mass is 10.0. The summed E-state index contributed by atoms with van der Waals surface area (Å²) in [4.78, 5) is 24.1. The van der Waals surface area contributed by atoms with Crippen LogP contribution >= 0.6 is 0 Å². The monoisotopic (exact) mass is 398 g/mol. The van der Waals surface area contributed by atoms with Gasteiger partial charge in [0.25, 0.3) is 5.91 Å². The van der Waals surface area contributed by atoms with Crippen molar-refractivity contribution in [2.24, 2.45) is 0 Å². The molecule has 6 heteroatoms. The molecule has 0 aromatic heterocycles. The van der Waals surface area contributed by atoms with Gasteiger partial charge in [-0.2, -0.15) is 0 Å². The van der Waals surface area contributed by atoms with E-state index in [0.717, 1.165) is 11.3 Å². The third-order valence-electron chi connectivity index (χ3n) is 4.50. The Bertz CT molecular complexity index is 786. The van der Waals surface area contributed by atoms with E-state index in [1.54, 1.807) is 14.0 Å². The predicted octanol–water partition coefficient (Wildman–Crippen LogP) is 3.06. The summed E-state index contributed by atoms with van der Waals surface area (Å²) >= 11 is 0. The van der Waals surface area contributed by atoms with E-state index in [0.29, 0.717) is 24.8 Å². The number of nitrogens with one attached hydrogen (secondary N) is 2. The van der Waals surface area contributed by atoms with Gasteiger partial charge in [0.15, 0.2) is 6.10 Å². The van der Waals surface area contributed by atoms with Gasteiger partial charge in [0, 0.05) is 13.1 Å². The number of rotatable bonds is 10. The highest BCUT2D eigenvalue weighted by Gasteiger charge is 2.14. The molecule has 29 heavy (non-hydrogen) atoms. The van der Waals surface area contributed by atoms with E-state index >= 15 is 0 Å². The number of hydrogen-bond donors (Lipinski definition) is 2. The number of methoxy groups -OCH3 is 1. The van der Waals surface area contributed by atoms with Gasteiger partial charge in [-0.25, -0.2) is 0 Å². The molecule has 2 aromatic rings. The maximum atomic E-state index is 12.2. The Morgan fingerprint density at radius 2 is 1.45 bits per heavy atom. The molecule has 1 atom stereocenters. The molecule has 0 saturated carbocycles. The zero-order valence-corrected chi connectivity index (χ0v) is 17.5. The second-order valence-electron chi connectivity index (χ2n) is 7.15. The summed E-state index contributed by atoms with van der Waals surface area (Å²) in [5.74, 6) is 1.54. The van der Waals surface area contributed by atoms with Gasteiger partial charge in [-0.05, 0) is 48.2 Å². The van der Waals surface area contributed by atoms with Crippen molar-refractivity contribution in [1.29, 1.82) is 0 Å². The summed E-state index contributed by atoms with van der Waals surface area (Å²) in [5.41, 5.74) is 2.12. The van der Waals surface area contributed by atoms with Crippen LogP contribution in [0, 0.1) is 0 Å². The highest BCUT2D eigenvalue weighted by molar-refractivity contribution is 5.81. The lowest BCUT2D eigenvalue weighted by molar-refractivity contribution is -0.127. The Hall–Kier alpha value is -3.02. The fourth-order valence-corrected chi connectivity index (χ4v) is 2.71. The average Bonchev–Trinajstić information content (AvgIpc) is 2.72. The normalized spacial score (nSPS) is 11.6. The number of benzene rings is 2. The number of carbonyl (C=O) groups is 2. The van der Waals surface area contributed by atoms with Gasteiger partial charge in [0.05, 0.1) is 13.5 Å². The summed E-state index contributed by atoms with van der Waals surface area (Å²) in [6, 6.07) is 15.1. The Kier molecular flexibility index (Phi) is 8.52. The minimum atomic E-state index is -0.616. The largest absolute Gasteiger partial charge is 0.497 e. The fourth-order valence-electron chi connectivity index (χ4n) is 2.71. The van der Waals surface area contributed by atoms with Crippen LogP contribution < -0.4 is 20.1 Å². The number of ether oxygens (including phenoxy) is 2. The first-order valence-corrected chi connectivity index (χ1v) is 9.83. The third-order valence-corrected chi connectivity index (χ3v) is 4.50. The molecule has 2 N–H and O–H groups in total. The van der Waals surface area contributed by atoms with Crippen molar-refractivity contribution in [2.45, 2.75) is 39.2 Å². The molecule has 0 radical (unpaired) electrons. The first-order chi connectivity index (χ1) is 13.9. The predicted molar refractivity (Wildman–Crippen MR) is 113 cm³/mol. The zero-order valence-electron chi connectivity index (χ0n) is 17.5. The zero-order chi connectivity index (χ0) is 21.2. The molecule has 2 aromatic carbocycles. The lowest BCUT2D eigenvalue weighted by Crippen LogP contribution is -2.41. The highest BCUT2D eigenvalue weighted by atomic mass is 16.5. The quantitative estimate of drug-likeness (QED) is 0.603. The topological polar surface area (TPSA) is 76.7 Å². The molecule has 0 aliphatic carbocycles. The van der Waals surface area contributed by atoms with E-state index in [4.69, 9.17) is 9.47 Å². The Morgan fingerprint density at radius 3 is 2.03 bits per heavy atom. The minimum Gasteiger partial charge on any atom is -0.497 e. The molecule has 2 rings (SSSR count). The molecular weight excluding hydrogens is 368 g/mol. The second kappa shape index (κ2) is 11.1. The molecule has 1 unspecified atom stereocenters. The summed E-state index contributed by atoms with van der Waals surface area (Å²) in [6.45, 7) is 6.65. The maximum absolute atomic E-state index is 12.2. The van der Waals surface area contributed by atoms with Crippen LogP contribution in [0.2, 0.25) is 0 Å². The molecular formula is C23H30N2O4. The molecule has 0 saturated heterocycles. The van der Waals surface area contributed by atoms with Gasteiger partial charge in [-0.1, -0.05) is 38.1 Å². The SMILES string of the molecule is COc1ccc(CC(=O)NCCNC(=O)C(C)Oc2ccc(C(C)C)cc2)cc1. The van der Waals surface area contributed by atoms with Gasteiger partial charge in [-0.3, -0.25) is 9.59 Å². The van der Waals surface area contributed by atoms with Crippen molar-refractivity contribution in [2.75, 3.05) is 20.2 Å². The number of carbonyl (C=O) groups excluding carboxylic acids is 2. The molecule has 156 valence electrons. The van der Waals surface area contributed by atoms with Crippen molar-refractivity contribution in [3.63, 3.8) is 0 Å². The Morgan fingerprint density at radius 1 is 0.862 bits per heavy atom. The molecule has 0 heterocycles. The van der Waals surface area contributed by atoms with Gasteiger partial charge in [0.2, 0.25) is 5.91 Å². The summed E-state index contributed by atoms with van der Waals surface area (Å²) in [5, 5.41) is 5.57. The second-order valence-corrected chi connectivity index (χ2v) is 7.15. The molecule has 0 aliphatic rings. The van der Waals surface area contributed by atoms with Crippen molar-refractivity contribution in [3.05, 3.63) is 59.7 Å². The van der Waals surface area contributed by atoms with Crippen molar-refractivity contribution in [1.82, 2.24) is 10.6 Å². The fraction of sp³-hybridized carbons (Fsp3) is 0.391. The van der Waals surface area contributed by atoms with Gasteiger partial charge < -0.3 is 20.1 Å². The average molecular weight is 399 g/mol. The maximum Gasteiger partial charge on any atom is 0.260 e. The highest BCUT2D eigenvalue weighted by Crippen LogP contribution is 2.19. The van der Waals surface area contributed by atoms with E-state index in [1.165, 1.54) is 5.56 Å². The molecule has 0 aliphatic heterocycles. The van der Waals surface area contributed by atoms with E-state index in [1.807, 2.05) is 48.5 Å². The first-order valence-electron chi connectivity index (χ1n) is 9.83. The van der Waals surface area contributed by atoms with Crippen molar-refractivity contribution in [3.8, 4) is 11.5 Å². The van der Waals surface area contributed by atoms with Gasteiger partial charge in [0.1, 0.15) is 11.5 Å². The molecule has 0 fully saturated rings. The van der Waals surface area contributed by atoms with E-state index in [2.05, 4.69) is 24.5 Å². The minimum absolute atomic E-state index is 0.0982. The third kappa shape index (κ3) is 7.49. The lowest BCUT2D eigenvalue weighted by Gasteiger charge is -2.15. The standard InChI is InChI=1S/C23H30N2O4/c1-16(2)19-7-11-21(12-8-19)29-17(3)23(27)25-14-13-24-22(26)15-18-5-9-20(28-4)10-6-18/h5-12,16-17H,13-15H2,1-4H3,(H,24,26)(H,25,27). The van der Waals surface area contributed by atoms with E-state index < -0.39 is 6.10 Å².